The van der Waals surface area contributed by atoms with Gasteiger partial charge in [-0.2, -0.15) is 0 Å². The lowest BCUT2D eigenvalue weighted by Gasteiger charge is -2.32. The lowest BCUT2D eigenvalue weighted by molar-refractivity contribution is -0.144. The maximum Gasteiger partial charge on any atom is 0.304 e. The Morgan fingerprint density at radius 3 is 2.32 bits per heavy atom. The molecule has 0 N–H and O–H groups in total. The number of halogens is 2. The number of fused-ring (bicyclic) bond motifs is 1. The molecule has 3 aromatic rings. The zero-order valence-corrected chi connectivity index (χ0v) is 22.3. The summed E-state index contributed by atoms with van der Waals surface area (Å²) in [5.41, 5.74) is 1.84. The van der Waals surface area contributed by atoms with Gasteiger partial charge in [0, 0.05) is 45.7 Å². The number of piperidine rings is 1. The van der Waals surface area contributed by atoms with Crippen LogP contribution in [0, 0.1) is 11.7 Å². The number of ketones is 1. The number of hydrogen-bond donors (Lipinski definition) is 0. The smallest absolute Gasteiger partial charge is 0.304 e. The highest BCUT2D eigenvalue weighted by molar-refractivity contribution is 6.45. The van der Waals surface area contributed by atoms with Gasteiger partial charge in [-0.05, 0) is 55.0 Å². The molecule has 0 radical (unpaired) electrons. The van der Waals surface area contributed by atoms with E-state index in [0.29, 0.717) is 29.9 Å². The first-order valence-corrected chi connectivity index (χ1v) is 12.7. The van der Waals surface area contributed by atoms with E-state index in [9.17, 15) is 23.6 Å². The minimum absolute atomic E-state index is 0.0922. The number of carbonyl (C=O) groups is 4. The van der Waals surface area contributed by atoms with Crippen LogP contribution in [0.15, 0.2) is 42.6 Å². The van der Waals surface area contributed by atoms with Crippen LogP contribution in [0.3, 0.4) is 0 Å². The summed E-state index contributed by atoms with van der Waals surface area (Å²) in [6.07, 6.45) is 3.84. The molecule has 1 aromatic heterocycles. The number of Topliss-reactive ketones (excluding diaryl/α,β-unsaturated/α-hetero) is 1. The number of benzene rings is 2. The summed E-state index contributed by atoms with van der Waals surface area (Å²) >= 11 is 6.54. The predicted molar refractivity (Wildman–Crippen MR) is 140 cm³/mol. The number of aromatic nitrogens is 1. The molecule has 10 heteroatoms. The molecule has 1 aliphatic rings. The van der Waals surface area contributed by atoms with Crippen LogP contribution in [0.2, 0.25) is 5.02 Å². The third-order valence-corrected chi connectivity index (χ3v) is 7.10. The van der Waals surface area contributed by atoms with Crippen molar-refractivity contribution in [1.82, 2.24) is 14.4 Å². The first kappa shape index (κ1) is 27.3. The summed E-state index contributed by atoms with van der Waals surface area (Å²) in [6.45, 7) is 2.16. The first-order chi connectivity index (χ1) is 18.0. The van der Waals surface area contributed by atoms with E-state index >= 15 is 0 Å². The molecular formula is C28H29ClFN3O5. The highest BCUT2D eigenvalue weighted by atomic mass is 35.5. The van der Waals surface area contributed by atoms with Crippen LogP contribution in [-0.4, -0.2) is 65.1 Å². The number of rotatable bonds is 7. The number of likely N-dealkylation sites (tertiary alicyclic amines) is 1. The van der Waals surface area contributed by atoms with Gasteiger partial charge in [0.25, 0.3) is 17.6 Å². The van der Waals surface area contributed by atoms with Crippen molar-refractivity contribution in [2.75, 3.05) is 27.2 Å². The minimum atomic E-state index is -0.746. The molecule has 200 valence electrons. The van der Waals surface area contributed by atoms with Gasteiger partial charge in [-0.1, -0.05) is 23.7 Å². The van der Waals surface area contributed by atoms with Gasteiger partial charge in [0.1, 0.15) is 5.82 Å². The second-order valence-corrected chi connectivity index (χ2v) is 10.1. The number of nitrogens with zero attached hydrogens (tertiary/aromatic N) is 3. The van der Waals surface area contributed by atoms with E-state index in [1.54, 1.807) is 23.1 Å². The molecule has 1 aliphatic heterocycles. The molecule has 1 fully saturated rings. The molecule has 2 amide bonds. The average molecular weight is 542 g/mol. The summed E-state index contributed by atoms with van der Waals surface area (Å²) in [4.78, 5) is 53.1. The minimum Gasteiger partial charge on any atom is -0.444 e. The Labute approximate surface area is 224 Å². The number of likely N-dealkylation sites (N-methyl/N-ethyl adjacent to an activating group) is 1. The van der Waals surface area contributed by atoms with Crippen molar-refractivity contribution in [2.45, 2.75) is 32.9 Å². The van der Waals surface area contributed by atoms with Gasteiger partial charge in [0.05, 0.1) is 21.7 Å². The molecule has 2 aromatic carbocycles. The van der Waals surface area contributed by atoms with E-state index in [-0.39, 0.29) is 34.6 Å². The van der Waals surface area contributed by atoms with Crippen molar-refractivity contribution in [3.05, 3.63) is 70.1 Å². The third-order valence-electron chi connectivity index (χ3n) is 6.79. The summed E-state index contributed by atoms with van der Waals surface area (Å²) in [7, 11) is 2.95. The predicted octanol–water partition coefficient (Wildman–Crippen LogP) is 4.32. The summed E-state index contributed by atoms with van der Waals surface area (Å²) in [6, 6.07) is 9.56. The van der Waals surface area contributed by atoms with Gasteiger partial charge >= 0.3 is 5.97 Å². The third kappa shape index (κ3) is 5.88. The Bertz CT molecular complexity index is 1390. The van der Waals surface area contributed by atoms with Crippen LogP contribution >= 0.6 is 11.6 Å². The molecule has 38 heavy (non-hydrogen) atoms. The topological polar surface area (TPSA) is 88.9 Å². The fraction of sp³-hybridized carbons (Fsp3) is 0.357. The number of ether oxygens (including phenoxy) is 1. The Morgan fingerprint density at radius 2 is 1.71 bits per heavy atom. The molecule has 0 atom stereocenters. The van der Waals surface area contributed by atoms with Crippen LogP contribution in [0.4, 0.5) is 4.39 Å². The zero-order valence-electron chi connectivity index (χ0n) is 21.5. The normalized spacial score (nSPS) is 14.0. The maximum atomic E-state index is 13.5. The van der Waals surface area contributed by atoms with E-state index in [2.05, 4.69) is 0 Å². The van der Waals surface area contributed by atoms with Gasteiger partial charge in [-0.3, -0.25) is 19.2 Å². The fourth-order valence-corrected chi connectivity index (χ4v) is 4.94. The van der Waals surface area contributed by atoms with Crippen molar-refractivity contribution in [3.8, 4) is 0 Å². The van der Waals surface area contributed by atoms with E-state index in [0.717, 1.165) is 24.8 Å². The van der Waals surface area contributed by atoms with Crippen LogP contribution in [0.25, 0.3) is 10.9 Å². The Morgan fingerprint density at radius 1 is 1.05 bits per heavy atom. The van der Waals surface area contributed by atoms with Gasteiger partial charge in [-0.25, -0.2) is 4.39 Å². The Hall–Kier alpha value is -3.72. The second kappa shape index (κ2) is 11.3. The molecule has 1 saturated heterocycles. The second-order valence-electron chi connectivity index (χ2n) is 9.72. The number of hydrogen-bond acceptors (Lipinski definition) is 5. The monoisotopic (exact) mass is 541 g/mol. The fourth-order valence-electron chi connectivity index (χ4n) is 4.71. The van der Waals surface area contributed by atoms with Gasteiger partial charge < -0.3 is 19.1 Å². The largest absolute Gasteiger partial charge is 0.444 e. The van der Waals surface area contributed by atoms with E-state index < -0.39 is 17.7 Å². The summed E-state index contributed by atoms with van der Waals surface area (Å²) in [5.74, 6) is -2.13. The molecule has 8 nitrogen and oxygen atoms in total. The first-order valence-electron chi connectivity index (χ1n) is 12.3. The highest BCUT2D eigenvalue weighted by Crippen LogP contribution is 2.31. The Kier molecular flexibility index (Phi) is 8.16. The molecule has 0 spiro atoms. The highest BCUT2D eigenvalue weighted by Gasteiger charge is 2.28. The van der Waals surface area contributed by atoms with Crippen LogP contribution < -0.4 is 0 Å². The summed E-state index contributed by atoms with van der Waals surface area (Å²) in [5, 5.41) is 0.562. The average Bonchev–Trinajstić information content (AvgIpc) is 3.24. The van der Waals surface area contributed by atoms with Gasteiger partial charge in [-0.15, -0.1) is 0 Å². The van der Waals surface area contributed by atoms with Crippen molar-refractivity contribution >= 4 is 46.1 Å². The standard InChI is InChI=1S/C28H29ClFN3O5/c1-17(34)38-16-33-15-23(26(35)28(37)31(2)3)21-13-22(24(29)14-25(21)33)27(36)32-10-8-19(9-11-32)12-18-4-6-20(30)7-5-18/h4-7,13-15,19H,8-12,16H2,1-3H3. The lowest BCUT2D eigenvalue weighted by atomic mass is 9.90. The number of esters is 1. The molecule has 0 aliphatic carbocycles. The Balaban J connectivity index is 1.58. The van der Waals surface area contributed by atoms with Gasteiger partial charge in [0.2, 0.25) is 0 Å². The molecule has 0 saturated carbocycles. The van der Waals surface area contributed by atoms with Crippen LogP contribution in [0.5, 0.6) is 0 Å². The lowest BCUT2D eigenvalue weighted by Crippen LogP contribution is -2.39. The SMILES string of the molecule is CC(=O)OCn1cc(C(=O)C(=O)N(C)C)c2cc(C(=O)N3CCC(Cc4ccc(F)cc4)CC3)c(Cl)cc21. The van der Waals surface area contributed by atoms with Crippen molar-refractivity contribution < 1.29 is 28.3 Å². The maximum absolute atomic E-state index is 13.5. The number of carbonyl (C=O) groups excluding carboxylic acids is 4. The molecule has 4 rings (SSSR count). The van der Waals surface area contributed by atoms with Crippen molar-refractivity contribution in [2.24, 2.45) is 5.92 Å². The molecular weight excluding hydrogens is 513 g/mol. The van der Waals surface area contributed by atoms with Crippen LogP contribution in [-0.2, 0) is 27.5 Å². The van der Waals surface area contributed by atoms with Gasteiger partial charge in [0.15, 0.2) is 6.73 Å². The molecule has 0 unspecified atom stereocenters. The van der Waals surface area contributed by atoms with Crippen molar-refractivity contribution in [3.63, 3.8) is 0 Å². The van der Waals surface area contributed by atoms with Crippen molar-refractivity contribution in [1.29, 1.82) is 0 Å². The molecule has 2 heterocycles. The van der Waals surface area contributed by atoms with E-state index in [4.69, 9.17) is 16.3 Å². The van der Waals surface area contributed by atoms with E-state index in [1.165, 1.54) is 54.9 Å². The zero-order chi connectivity index (χ0) is 27.6. The number of amides is 2. The van der Waals surface area contributed by atoms with Crippen LogP contribution in [0.1, 0.15) is 46.0 Å². The molecule has 0 bridgehead atoms. The summed E-state index contributed by atoms with van der Waals surface area (Å²) < 4.78 is 19.8. The quantitative estimate of drug-likeness (QED) is 0.252. The van der Waals surface area contributed by atoms with E-state index in [1.807, 2.05) is 0 Å².